The molecule has 3 nitrogen and oxygen atoms in total. The van der Waals surface area contributed by atoms with Gasteiger partial charge in [0.1, 0.15) is 0 Å². The van der Waals surface area contributed by atoms with E-state index < -0.39 is 0 Å². The van der Waals surface area contributed by atoms with Gasteiger partial charge >= 0.3 is 0 Å². The Hall–Kier alpha value is -0.590. The van der Waals surface area contributed by atoms with Gasteiger partial charge in [0.2, 0.25) is 0 Å². The molecule has 1 saturated heterocycles. The Morgan fingerprint density at radius 1 is 1.41 bits per heavy atom. The molecule has 0 aliphatic carbocycles. The van der Waals surface area contributed by atoms with Crippen molar-refractivity contribution in [1.29, 1.82) is 5.26 Å². The SMILES string of the molecule is CN(CCCCC(C)(C)C#N)CC1CCCN1. The van der Waals surface area contributed by atoms with E-state index in [2.05, 4.69) is 23.3 Å². The largest absolute Gasteiger partial charge is 0.313 e. The number of nitriles is 1. The third kappa shape index (κ3) is 6.05. The Bertz CT molecular complexity index is 249. The van der Waals surface area contributed by atoms with Crippen molar-refractivity contribution in [3.8, 4) is 6.07 Å². The molecule has 17 heavy (non-hydrogen) atoms. The Morgan fingerprint density at radius 3 is 2.76 bits per heavy atom. The second kappa shape index (κ2) is 6.98. The Balaban J connectivity index is 2.04. The zero-order valence-corrected chi connectivity index (χ0v) is 11.6. The lowest BCUT2D eigenvalue weighted by atomic mass is 9.89. The van der Waals surface area contributed by atoms with E-state index in [1.54, 1.807) is 0 Å². The molecule has 1 heterocycles. The smallest absolute Gasteiger partial charge is 0.0683 e. The number of likely N-dealkylation sites (N-methyl/N-ethyl adjacent to an activating group) is 1. The van der Waals surface area contributed by atoms with E-state index in [4.69, 9.17) is 5.26 Å². The summed E-state index contributed by atoms with van der Waals surface area (Å²) in [5, 5.41) is 12.5. The van der Waals surface area contributed by atoms with Crippen LogP contribution in [-0.4, -0.2) is 37.6 Å². The molecule has 98 valence electrons. The topological polar surface area (TPSA) is 39.1 Å². The zero-order chi connectivity index (χ0) is 12.7. The minimum atomic E-state index is -0.147. The molecule has 1 fully saturated rings. The van der Waals surface area contributed by atoms with Gasteiger partial charge in [-0.05, 0) is 59.7 Å². The second-order valence-corrected chi connectivity index (χ2v) is 6.01. The zero-order valence-electron chi connectivity index (χ0n) is 11.6. The molecule has 0 aromatic carbocycles. The Kier molecular flexibility index (Phi) is 5.94. The molecule has 0 saturated carbocycles. The van der Waals surface area contributed by atoms with Crippen LogP contribution >= 0.6 is 0 Å². The highest BCUT2D eigenvalue weighted by Gasteiger charge is 2.17. The third-order valence-corrected chi connectivity index (χ3v) is 3.59. The first-order valence-corrected chi connectivity index (χ1v) is 6.87. The summed E-state index contributed by atoms with van der Waals surface area (Å²) in [6.45, 7) is 7.56. The molecule has 1 unspecified atom stereocenters. The third-order valence-electron chi connectivity index (χ3n) is 3.59. The highest BCUT2D eigenvalue weighted by Crippen LogP contribution is 2.21. The molecule has 0 aromatic rings. The van der Waals surface area contributed by atoms with Gasteiger partial charge < -0.3 is 10.2 Å². The van der Waals surface area contributed by atoms with Crippen molar-refractivity contribution >= 4 is 0 Å². The summed E-state index contributed by atoms with van der Waals surface area (Å²) in [5.41, 5.74) is -0.147. The lowest BCUT2D eigenvalue weighted by molar-refractivity contribution is 0.287. The van der Waals surface area contributed by atoms with Crippen LogP contribution in [-0.2, 0) is 0 Å². The minimum Gasteiger partial charge on any atom is -0.313 e. The van der Waals surface area contributed by atoms with Gasteiger partial charge in [-0.1, -0.05) is 6.42 Å². The molecule has 0 amide bonds. The van der Waals surface area contributed by atoms with Crippen molar-refractivity contribution in [3.63, 3.8) is 0 Å². The monoisotopic (exact) mass is 237 g/mol. The predicted molar refractivity (Wildman–Crippen MR) is 71.8 cm³/mol. The van der Waals surface area contributed by atoms with Crippen LogP contribution < -0.4 is 5.32 Å². The summed E-state index contributed by atoms with van der Waals surface area (Å²) in [4.78, 5) is 2.42. The summed E-state index contributed by atoms with van der Waals surface area (Å²) < 4.78 is 0. The van der Waals surface area contributed by atoms with Gasteiger partial charge in [-0.3, -0.25) is 0 Å². The number of unbranched alkanes of at least 4 members (excludes halogenated alkanes) is 1. The van der Waals surface area contributed by atoms with Gasteiger partial charge in [-0.15, -0.1) is 0 Å². The lowest BCUT2D eigenvalue weighted by Gasteiger charge is -2.21. The summed E-state index contributed by atoms with van der Waals surface area (Å²) >= 11 is 0. The van der Waals surface area contributed by atoms with Crippen molar-refractivity contribution < 1.29 is 0 Å². The number of hydrogen-bond donors (Lipinski definition) is 1. The molecular weight excluding hydrogens is 210 g/mol. The van der Waals surface area contributed by atoms with E-state index in [9.17, 15) is 0 Å². The van der Waals surface area contributed by atoms with E-state index in [1.807, 2.05) is 13.8 Å². The molecule has 1 rings (SSSR count). The first-order valence-electron chi connectivity index (χ1n) is 6.87. The summed E-state index contributed by atoms with van der Waals surface area (Å²) in [6, 6.07) is 3.07. The summed E-state index contributed by atoms with van der Waals surface area (Å²) in [5.74, 6) is 0. The molecule has 1 aliphatic heterocycles. The molecule has 1 aliphatic rings. The van der Waals surface area contributed by atoms with E-state index in [0.29, 0.717) is 6.04 Å². The Labute approximate surface area is 106 Å². The first-order chi connectivity index (χ1) is 8.03. The van der Waals surface area contributed by atoms with E-state index in [-0.39, 0.29) is 5.41 Å². The average Bonchev–Trinajstić information content (AvgIpc) is 2.77. The van der Waals surface area contributed by atoms with Crippen LogP contribution in [0.3, 0.4) is 0 Å². The van der Waals surface area contributed by atoms with Crippen LogP contribution in [0.2, 0.25) is 0 Å². The molecule has 0 aromatic heterocycles. The Morgan fingerprint density at radius 2 is 2.18 bits per heavy atom. The highest BCUT2D eigenvalue weighted by molar-refractivity contribution is 4.91. The normalized spacial score (nSPS) is 20.8. The maximum Gasteiger partial charge on any atom is 0.0683 e. The van der Waals surface area contributed by atoms with Gasteiger partial charge in [0, 0.05) is 12.6 Å². The van der Waals surface area contributed by atoms with Gasteiger partial charge in [-0.25, -0.2) is 0 Å². The highest BCUT2D eigenvalue weighted by atomic mass is 15.1. The van der Waals surface area contributed by atoms with Gasteiger partial charge in [0.15, 0.2) is 0 Å². The van der Waals surface area contributed by atoms with Gasteiger partial charge in [0.25, 0.3) is 0 Å². The van der Waals surface area contributed by atoms with Crippen LogP contribution in [0.4, 0.5) is 0 Å². The van der Waals surface area contributed by atoms with E-state index in [0.717, 1.165) is 19.4 Å². The van der Waals surface area contributed by atoms with Gasteiger partial charge in [0.05, 0.1) is 11.5 Å². The van der Waals surface area contributed by atoms with Crippen molar-refractivity contribution in [2.45, 2.75) is 52.0 Å². The van der Waals surface area contributed by atoms with Crippen molar-refractivity contribution in [2.75, 3.05) is 26.7 Å². The van der Waals surface area contributed by atoms with E-state index in [1.165, 1.54) is 32.4 Å². The number of rotatable bonds is 7. The molecule has 1 atom stereocenters. The van der Waals surface area contributed by atoms with Crippen molar-refractivity contribution in [2.24, 2.45) is 5.41 Å². The first kappa shape index (κ1) is 14.5. The minimum absolute atomic E-state index is 0.147. The maximum absolute atomic E-state index is 8.92. The summed E-state index contributed by atoms with van der Waals surface area (Å²) in [6.07, 6.45) is 6.02. The molecule has 1 N–H and O–H groups in total. The fourth-order valence-corrected chi connectivity index (χ4v) is 2.38. The second-order valence-electron chi connectivity index (χ2n) is 6.01. The van der Waals surface area contributed by atoms with E-state index >= 15 is 0 Å². The van der Waals surface area contributed by atoms with Crippen LogP contribution in [0.15, 0.2) is 0 Å². The molecule has 0 bridgehead atoms. The average molecular weight is 237 g/mol. The number of nitrogens with zero attached hydrogens (tertiary/aromatic N) is 2. The van der Waals surface area contributed by atoms with Crippen LogP contribution in [0.1, 0.15) is 46.0 Å². The number of hydrogen-bond acceptors (Lipinski definition) is 3. The number of nitrogens with one attached hydrogen (secondary N) is 1. The lowest BCUT2D eigenvalue weighted by Crippen LogP contribution is -2.35. The van der Waals surface area contributed by atoms with Crippen LogP contribution in [0, 0.1) is 16.7 Å². The predicted octanol–water partition coefficient (Wildman–Crippen LogP) is 2.39. The molecule has 3 heteroatoms. The molecule has 0 spiro atoms. The van der Waals surface area contributed by atoms with Crippen LogP contribution in [0.25, 0.3) is 0 Å². The van der Waals surface area contributed by atoms with Gasteiger partial charge in [-0.2, -0.15) is 5.26 Å². The molecular formula is C14H27N3. The van der Waals surface area contributed by atoms with Crippen molar-refractivity contribution in [1.82, 2.24) is 10.2 Å². The standard InChI is InChI=1S/C14H27N3/c1-14(2,12-15)8-4-5-10-17(3)11-13-7-6-9-16-13/h13,16H,4-11H2,1-3H3. The fourth-order valence-electron chi connectivity index (χ4n) is 2.38. The fraction of sp³-hybridized carbons (Fsp3) is 0.929. The summed E-state index contributed by atoms with van der Waals surface area (Å²) in [7, 11) is 2.20. The van der Waals surface area contributed by atoms with Crippen LogP contribution in [0.5, 0.6) is 0 Å². The molecule has 0 radical (unpaired) electrons. The van der Waals surface area contributed by atoms with Crippen molar-refractivity contribution in [3.05, 3.63) is 0 Å². The maximum atomic E-state index is 8.92. The quantitative estimate of drug-likeness (QED) is 0.691.